The molecule has 2 amide bonds. The Morgan fingerprint density at radius 1 is 0.812 bits per heavy atom. The molecule has 4 aliphatic rings. The van der Waals surface area contributed by atoms with Crippen molar-refractivity contribution in [3.05, 3.63) is 65.3 Å². The van der Waals surface area contributed by atoms with Crippen LogP contribution in [-0.4, -0.2) is 105 Å². The lowest BCUT2D eigenvalue weighted by atomic mass is 9.99. The number of hydrogen-bond acceptors (Lipinski definition) is 9. The molecule has 0 spiro atoms. The number of Topliss-reactive ketones (excluding diaryl/α,β-unsaturated/α-hetero) is 1. The van der Waals surface area contributed by atoms with E-state index < -0.39 is 13.2 Å². The number of fused-ring (bicyclic) bond motifs is 4. The van der Waals surface area contributed by atoms with Crippen LogP contribution in [0.3, 0.4) is 0 Å². The van der Waals surface area contributed by atoms with Crippen LogP contribution in [0.25, 0.3) is 0 Å². The van der Waals surface area contributed by atoms with Crippen LogP contribution in [0, 0.1) is 0 Å². The molecular weight excluding hydrogens is 633 g/mol. The molecule has 3 atom stereocenters. The van der Waals surface area contributed by atoms with Gasteiger partial charge in [-0.25, -0.2) is 0 Å². The van der Waals surface area contributed by atoms with E-state index in [1.54, 1.807) is 40.3 Å². The summed E-state index contributed by atoms with van der Waals surface area (Å²) in [5.74, 6) is 1.24. The van der Waals surface area contributed by atoms with Gasteiger partial charge >= 0.3 is 0 Å². The first-order chi connectivity index (χ1) is 23.0. The van der Waals surface area contributed by atoms with Gasteiger partial charge in [-0.3, -0.25) is 19.4 Å². The van der Waals surface area contributed by atoms with Crippen molar-refractivity contribution in [2.75, 3.05) is 59.0 Å². The minimum Gasteiger partial charge on any atom is -0.493 e. The van der Waals surface area contributed by atoms with Crippen LogP contribution in [0.4, 0.5) is 5.69 Å². The standard InChI is InChI=1S/C36H42N3O8P/c1-6-9-48(43,11-8-47-34-18-28-27(17-32(34)45-5)36(42)38-20-22(2)12-25(38)19-37-28)10-7-46-33-15-24-14-30(40)29-13-23(3)21-39(29)35(41)26(24)16-31(33)44-4/h15-19,25,29H,2-3,6-14,20-21H2,1,4-5H3/t25-,29-,48?/m0/s1. The molecule has 0 N–H and O–H groups in total. The Balaban J connectivity index is 1.12. The summed E-state index contributed by atoms with van der Waals surface area (Å²) in [5.41, 5.74) is 3.83. The minimum absolute atomic E-state index is 0.0274. The first-order valence-electron chi connectivity index (χ1n) is 16.3. The number of nitrogens with zero attached hydrogens (tertiary/aromatic N) is 3. The molecule has 0 aliphatic carbocycles. The molecule has 4 aliphatic heterocycles. The van der Waals surface area contributed by atoms with Crippen molar-refractivity contribution in [3.8, 4) is 23.0 Å². The second-order valence-corrected chi connectivity index (χ2v) is 16.3. The Bertz CT molecular complexity index is 1770. The summed E-state index contributed by atoms with van der Waals surface area (Å²) in [6.45, 7) is 11.2. The zero-order valence-corrected chi connectivity index (χ0v) is 28.7. The van der Waals surface area contributed by atoms with Gasteiger partial charge in [-0.1, -0.05) is 31.2 Å². The molecule has 2 fully saturated rings. The fraction of sp³-hybridized carbons (Fsp3) is 0.444. The minimum atomic E-state index is -2.72. The van der Waals surface area contributed by atoms with Gasteiger partial charge in [-0.15, -0.1) is 0 Å². The third-order valence-electron chi connectivity index (χ3n) is 9.46. The molecule has 254 valence electrons. The monoisotopic (exact) mass is 675 g/mol. The van der Waals surface area contributed by atoms with Crippen LogP contribution >= 0.6 is 7.14 Å². The largest absolute Gasteiger partial charge is 0.493 e. The van der Waals surface area contributed by atoms with Crippen LogP contribution in [0.2, 0.25) is 0 Å². The number of carbonyl (C=O) groups is 3. The molecule has 0 bridgehead atoms. The SMILES string of the molecule is C=C1C[C@H]2C=Nc3cc(OCCP(=O)(CCC)CCOc4cc5c(cc4OC)C(=O)N4CC(=C)C[C@H]4C(=O)C5)c(OC)cc3C(=O)N2C1. The van der Waals surface area contributed by atoms with Gasteiger partial charge in [-0.05, 0) is 43.0 Å². The van der Waals surface area contributed by atoms with E-state index in [0.29, 0.717) is 89.8 Å². The van der Waals surface area contributed by atoms with E-state index in [1.165, 1.54) is 14.2 Å². The van der Waals surface area contributed by atoms with E-state index in [0.717, 1.165) is 17.6 Å². The molecular formula is C36H42N3O8P. The smallest absolute Gasteiger partial charge is 0.257 e. The highest BCUT2D eigenvalue weighted by Crippen LogP contribution is 2.47. The lowest BCUT2D eigenvalue weighted by Gasteiger charge is -2.21. The molecule has 6 rings (SSSR count). The average Bonchev–Trinajstić information content (AvgIpc) is 3.59. The fourth-order valence-electron chi connectivity index (χ4n) is 6.97. The van der Waals surface area contributed by atoms with E-state index in [1.807, 2.05) is 6.92 Å². The quantitative estimate of drug-likeness (QED) is 0.219. The summed E-state index contributed by atoms with van der Waals surface area (Å²) in [5, 5.41) is 0. The lowest BCUT2D eigenvalue weighted by molar-refractivity contribution is -0.121. The van der Waals surface area contributed by atoms with E-state index >= 15 is 0 Å². The topological polar surface area (TPSA) is 124 Å². The van der Waals surface area contributed by atoms with Gasteiger partial charge in [-0.2, -0.15) is 0 Å². The number of carbonyl (C=O) groups excluding carboxylic acids is 3. The van der Waals surface area contributed by atoms with Crippen LogP contribution in [0.5, 0.6) is 23.0 Å². The van der Waals surface area contributed by atoms with Gasteiger partial charge < -0.3 is 33.3 Å². The van der Waals surface area contributed by atoms with Crippen LogP contribution in [0.15, 0.2) is 53.6 Å². The molecule has 0 saturated carbocycles. The Morgan fingerprint density at radius 2 is 1.42 bits per heavy atom. The number of amides is 2. The number of ether oxygens (including phenoxy) is 4. The number of benzene rings is 2. The Hall–Kier alpha value is -4.37. The van der Waals surface area contributed by atoms with Gasteiger partial charge in [0.1, 0.15) is 0 Å². The number of ketones is 1. The lowest BCUT2D eigenvalue weighted by Crippen LogP contribution is -2.38. The predicted octanol–water partition coefficient (Wildman–Crippen LogP) is 5.32. The maximum absolute atomic E-state index is 14.1. The van der Waals surface area contributed by atoms with Crippen molar-refractivity contribution in [1.82, 2.24) is 9.80 Å². The maximum Gasteiger partial charge on any atom is 0.257 e. The van der Waals surface area contributed by atoms with Gasteiger partial charge in [0, 0.05) is 55.8 Å². The third kappa shape index (κ3) is 6.52. The van der Waals surface area contributed by atoms with Crippen LogP contribution in [0.1, 0.15) is 52.5 Å². The molecule has 0 radical (unpaired) electrons. The molecule has 0 aromatic heterocycles. The molecule has 12 heteroatoms. The van der Waals surface area contributed by atoms with Gasteiger partial charge in [0.2, 0.25) is 0 Å². The summed E-state index contributed by atoms with van der Waals surface area (Å²) < 4.78 is 37.4. The van der Waals surface area contributed by atoms with Crippen molar-refractivity contribution < 1.29 is 37.9 Å². The first kappa shape index (κ1) is 33.5. The third-order valence-corrected chi connectivity index (χ3v) is 12.7. The van der Waals surface area contributed by atoms with Crippen molar-refractivity contribution in [2.24, 2.45) is 4.99 Å². The summed E-state index contributed by atoms with van der Waals surface area (Å²) >= 11 is 0. The second kappa shape index (κ2) is 13.6. The van der Waals surface area contributed by atoms with Crippen molar-refractivity contribution >= 4 is 36.6 Å². The summed E-state index contributed by atoms with van der Waals surface area (Å²) in [4.78, 5) is 47.6. The zero-order chi connectivity index (χ0) is 34.2. The number of hydrogen-bond donors (Lipinski definition) is 0. The van der Waals surface area contributed by atoms with E-state index in [-0.39, 0.29) is 43.3 Å². The molecule has 1 unspecified atom stereocenters. The fourth-order valence-corrected chi connectivity index (χ4v) is 9.31. The second-order valence-electron chi connectivity index (χ2n) is 12.9. The Kier molecular flexibility index (Phi) is 9.52. The predicted molar refractivity (Wildman–Crippen MR) is 184 cm³/mol. The summed E-state index contributed by atoms with van der Waals surface area (Å²) in [7, 11) is 0.294. The number of rotatable bonds is 12. The summed E-state index contributed by atoms with van der Waals surface area (Å²) in [6.07, 6.45) is 4.95. The van der Waals surface area contributed by atoms with Crippen molar-refractivity contribution in [2.45, 2.75) is 44.7 Å². The summed E-state index contributed by atoms with van der Waals surface area (Å²) in [6, 6.07) is 6.08. The van der Waals surface area contributed by atoms with E-state index in [4.69, 9.17) is 18.9 Å². The number of aliphatic imine (C=N–C) groups is 1. The highest BCUT2D eigenvalue weighted by atomic mass is 31.2. The first-order valence-corrected chi connectivity index (χ1v) is 18.6. The van der Waals surface area contributed by atoms with Gasteiger partial charge in [0.05, 0.1) is 57.9 Å². The molecule has 11 nitrogen and oxygen atoms in total. The normalized spacial score (nSPS) is 21.2. The molecule has 2 aromatic carbocycles. The molecule has 2 aromatic rings. The highest BCUT2D eigenvalue weighted by Gasteiger charge is 2.40. The number of methoxy groups -OCH3 is 2. The Labute approximate surface area is 280 Å². The molecule has 48 heavy (non-hydrogen) atoms. The molecule has 2 saturated heterocycles. The highest BCUT2D eigenvalue weighted by molar-refractivity contribution is 7.63. The average molecular weight is 676 g/mol. The van der Waals surface area contributed by atoms with E-state index in [2.05, 4.69) is 18.2 Å². The van der Waals surface area contributed by atoms with Crippen LogP contribution in [-0.2, 0) is 15.8 Å². The van der Waals surface area contributed by atoms with Crippen molar-refractivity contribution in [3.63, 3.8) is 0 Å². The van der Waals surface area contributed by atoms with Gasteiger partial charge in [0.15, 0.2) is 28.8 Å². The van der Waals surface area contributed by atoms with Gasteiger partial charge in [0.25, 0.3) is 11.8 Å². The van der Waals surface area contributed by atoms with Crippen LogP contribution < -0.4 is 18.9 Å². The zero-order valence-electron chi connectivity index (χ0n) is 27.8. The van der Waals surface area contributed by atoms with Crippen molar-refractivity contribution in [1.29, 1.82) is 0 Å². The maximum atomic E-state index is 14.1. The van der Waals surface area contributed by atoms with E-state index in [9.17, 15) is 18.9 Å². The molecule has 4 heterocycles. The Morgan fingerprint density at radius 3 is 2.08 bits per heavy atom.